The zero-order valence-electron chi connectivity index (χ0n) is 15.1. The Morgan fingerprint density at radius 1 is 1.27 bits per heavy atom. The average Bonchev–Trinajstić information content (AvgIpc) is 3.20. The third kappa shape index (κ3) is 3.28. The fourth-order valence-corrected chi connectivity index (χ4v) is 4.92. The second-order valence-electron chi connectivity index (χ2n) is 8.08. The molecule has 2 bridgehead atoms. The number of nitrogens with one attached hydrogen (secondary N) is 1. The van der Waals surface area contributed by atoms with E-state index in [1.54, 1.807) is 25.3 Å². The van der Waals surface area contributed by atoms with E-state index in [0.29, 0.717) is 23.4 Å². The van der Waals surface area contributed by atoms with E-state index in [0.717, 1.165) is 17.2 Å². The van der Waals surface area contributed by atoms with Crippen LogP contribution in [0.4, 0.5) is 5.69 Å². The van der Waals surface area contributed by atoms with Gasteiger partial charge in [0.05, 0.1) is 12.6 Å². The Labute approximate surface area is 153 Å². The maximum absolute atomic E-state index is 12.6. The standard InChI is InChI=1S/C21H26N2O3/c1-13(24)12-23-8-7-17-18(21(23)26)3-2-4-19(17)22-20(25)11-16-10-14-5-6-15(16)9-14/h2-4,7-8,13-16,24H,5-6,9-12H2,1H3,(H,22,25)/t13?,14-,15-,16?/m1/s1. The molecule has 0 radical (unpaired) electrons. The van der Waals surface area contributed by atoms with Crippen LogP contribution in [-0.4, -0.2) is 21.7 Å². The van der Waals surface area contributed by atoms with Crippen LogP contribution in [0.25, 0.3) is 10.8 Å². The number of hydrogen-bond acceptors (Lipinski definition) is 3. The number of benzene rings is 1. The third-order valence-electron chi connectivity index (χ3n) is 6.09. The fourth-order valence-electron chi connectivity index (χ4n) is 4.92. The Kier molecular flexibility index (Phi) is 4.57. The zero-order valence-corrected chi connectivity index (χ0v) is 15.1. The van der Waals surface area contributed by atoms with E-state index >= 15 is 0 Å². The summed E-state index contributed by atoms with van der Waals surface area (Å²) in [6.45, 7) is 1.92. The van der Waals surface area contributed by atoms with Crippen LogP contribution in [0.15, 0.2) is 35.3 Å². The van der Waals surface area contributed by atoms with Crippen molar-refractivity contribution < 1.29 is 9.90 Å². The molecular formula is C21H26N2O3. The minimum absolute atomic E-state index is 0.0446. The summed E-state index contributed by atoms with van der Waals surface area (Å²) in [7, 11) is 0. The predicted octanol–water partition coefficient (Wildman–Crippen LogP) is 3.15. The molecule has 2 saturated carbocycles. The molecule has 2 fully saturated rings. The molecule has 2 N–H and O–H groups in total. The van der Waals surface area contributed by atoms with Crippen LogP contribution < -0.4 is 10.9 Å². The average molecular weight is 354 g/mol. The predicted molar refractivity (Wildman–Crippen MR) is 102 cm³/mol. The highest BCUT2D eigenvalue weighted by Gasteiger charge is 2.40. The van der Waals surface area contributed by atoms with Gasteiger partial charge in [-0.05, 0) is 62.1 Å². The van der Waals surface area contributed by atoms with E-state index in [-0.39, 0.29) is 18.0 Å². The fraction of sp³-hybridized carbons (Fsp3) is 0.524. The molecule has 1 aromatic carbocycles. The third-order valence-corrected chi connectivity index (χ3v) is 6.09. The second kappa shape index (κ2) is 6.88. The van der Waals surface area contributed by atoms with Gasteiger partial charge in [0.25, 0.3) is 5.56 Å². The lowest BCUT2D eigenvalue weighted by Crippen LogP contribution is -2.25. The van der Waals surface area contributed by atoms with E-state index in [1.807, 2.05) is 12.1 Å². The first-order valence-corrected chi connectivity index (χ1v) is 9.61. The second-order valence-corrected chi connectivity index (χ2v) is 8.08. The van der Waals surface area contributed by atoms with Crippen molar-refractivity contribution in [2.75, 3.05) is 5.32 Å². The minimum Gasteiger partial charge on any atom is -0.392 e. The van der Waals surface area contributed by atoms with Crippen molar-refractivity contribution in [3.63, 3.8) is 0 Å². The molecule has 0 spiro atoms. The lowest BCUT2D eigenvalue weighted by atomic mass is 9.86. The number of amides is 1. The lowest BCUT2D eigenvalue weighted by Gasteiger charge is -2.21. The Balaban J connectivity index is 1.54. The number of carbonyl (C=O) groups is 1. The van der Waals surface area contributed by atoms with Gasteiger partial charge in [-0.3, -0.25) is 9.59 Å². The lowest BCUT2D eigenvalue weighted by molar-refractivity contribution is -0.117. The van der Waals surface area contributed by atoms with E-state index in [1.165, 1.54) is 30.3 Å². The highest BCUT2D eigenvalue weighted by atomic mass is 16.3. The highest BCUT2D eigenvalue weighted by Crippen LogP contribution is 2.49. The molecule has 0 saturated heterocycles. The first kappa shape index (κ1) is 17.3. The topological polar surface area (TPSA) is 71.3 Å². The number of fused-ring (bicyclic) bond motifs is 3. The van der Waals surface area contributed by atoms with Crippen LogP contribution in [0.3, 0.4) is 0 Å². The van der Waals surface area contributed by atoms with Crippen LogP contribution in [0.2, 0.25) is 0 Å². The molecule has 2 aliphatic rings. The number of nitrogens with zero attached hydrogens (tertiary/aromatic N) is 1. The first-order valence-electron chi connectivity index (χ1n) is 9.61. The van der Waals surface area contributed by atoms with Gasteiger partial charge in [-0.25, -0.2) is 0 Å². The van der Waals surface area contributed by atoms with Gasteiger partial charge in [0.2, 0.25) is 5.91 Å². The van der Waals surface area contributed by atoms with Gasteiger partial charge in [0.1, 0.15) is 0 Å². The van der Waals surface area contributed by atoms with Crippen molar-refractivity contribution in [3.8, 4) is 0 Å². The Morgan fingerprint density at radius 3 is 2.81 bits per heavy atom. The van der Waals surface area contributed by atoms with Gasteiger partial charge in [-0.2, -0.15) is 0 Å². The number of aromatic nitrogens is 1. The van der Waals surface area contributed by atoms with Crippen molar-refractivity contribution in [1.29, 1.82) is 0 Å². The van der Waals surface area contributed by atoms with E-state index in [4.69, 9.17) is 0 Å². The van der Waals surface area contributed by atoms with E-state index in [9.17, 15) is 14.7 Å². The summed E-state index contributed by atoms with van der Waals surface area (Å²) in [6.07, 6.45) is 6.78. The molecule has 0 aliphatic heterocycles. The SMILES string of the molecule is CC(O)Cn1ccc2c(NC(=O)CC3C[C@@H]4CC[C@@H]3C4)cccc2c1=O. The zero-order chi connectivity index (χ0) is 18.3. The van der Waals surface area contributed by atoms with Gasteiger partial charge in [-0.1, -0.05) is 12.5 Å². The van der Waals surface area contributed by atoms with E-state index in [2.05, 4.69) is 5.32 Å². The van der Waals surface area contributed by atoms with E-state index < -0.39 is 6.10 Å². The smallest absolute Gasteiger partial charge is 0.258 e. The van der Waals surface area contributed by atoms with Crippen molar-refractivity contribution in [3.05, 3.63) is 40.8 Å². The van der Waals surface area contributed by atoms with Crippen molar-refractivity contribution in [2.45, 2.75) is 51.7 Å². The maximum Gasteiger partial charge on any atom is 0.258 e. The Hall–Kier alpha value is -2.14. The van der Waals surface area contributed by atoms with Gasteiger partial charge < -0.3 is 15.0 Å². The van der Waals surface area contributed by atoms with Crippen molar-refractivity contribution in [2.24, 2.45) is 17.8 Å². The number of anilines is 1. The molecule has 5 nitrogen and oxygen atoms in total. The molecule has 2 unspecified atom stereocenters. The molecule has 2 aliphatic carbocycles. The maximum atomic E-state index is 12.6. The molecule has 1 heterocycles. The normalized spacial score (nSPS) is 25.5. The van der Waals surface area contributed by atoms with Gasteiger partial charge in [-0.15, -0.1) is 0 Å². The van der Waals surface area contributed by atoms with Crippen molar-refractivity contribution in [1.82, 2.24) is 4.57 Å². The monoisotopic (exact) mass is 354 g/mol. The number of carbonyl (C=O) groups excluding carboxylic acids is 1. The Morgan fingerprint density at radius 2 is 2.12 bits per heavy atom. The molecule has 2 aromatic rings. The highest BCUT2D eigenvalue weighted by molar-refractivity contribution is 6.01. The summed E-state index contributed by atoms with van der Waals surface area (Å²) < 4.78 is 1.51. The first-order chi connectivity index (χ1) is 12.5. The molecule has 26 heavy (non-hydrogen) atoms. The largest absolute Gasteiger partial charge is 0.392 e. The molecular weight excluding hydrogens is 328 g/mol. The molecule has 138 valence electrons. The van der Waals surface area contributed by atoms with Crippen LogP contribution in [-0.2, 0) is 11.3 Å². The van der Waals surface area contributed by atoms with Crippen LogP contribution >= 0.6 is 0 Å². The number of rotatable bonds is 5. The van der Waals surface area contributed by atoms with Crippen LogP contribution in [0.5, 0.6) is 0 Å². The quantitative estimate of drug-likeness (QED) is 0.866. The molecule has 4 rings (SSSR count). The summed E-state index contributed by atoms with van der Waals surface area (Å²) in [5.74, 6) is 2.13. The van der Waals surface area contributed by atoms with Gasteiger partial charge in [0, 0.05) is 29.1 Å². The molecule has 5 heteroatoms. The number of aliphatic hydroxyl groups is 1. The number of aliphatic hydroxyl groups excluding tert-OH is 1. The van der Waals surface area contributed by atoms with Gasteiger partial charge in [0.15, 0.2) is 0 Å². The summed E-state index contributed by atoms with van der Waals surface area (Å²) in [4.78, 5) is 25.2. The van der Waals surface area contributed by atoms with Gasteiger partial charge >= 0.3 is 0 Å². The number of pyridine rings is 1. The number of hydrogen-bond donors (Lipinski definition) is 2. The van der Waals surface area contributed by atoms with Crippen molar-refractivity contribution >= 4 is 22.4 Å². The summed E-state index contributed by atoms with van der Waals surface area (Å²) >= 11 is 0. The Bertz CT molecular complexity index is 886. The summed E-state index contributed by atoms with van der Waals surface area (Å²) in [6, 6.07) is 7.25. The minimum atomic E-state index is -0.588. The van der Waals surface area contributed by atoms with Crippen LogP contribution in [0, 0.1) is 17.8 Å². The molecule has 4 atom stereocenters. The molecule has 1 amide bonds. The van der Waals surface area contributed by atoms with Crippen LogP contribution in [0.1, 0.15) is 39.0 Å². The molecule has 1 aromatic heterocycles. The summed E-state index contributed by atoms with van der Waals surface area (Å²) in [5.41, 5.74) is 0.546. The summed E-state index contributed by atoms with van der Waals surface area (Å²) in [5, 5.41) is 13.9.